The quantitative estimate of drug-likeness (QED) is 0.0720. The molecule has 85 heavy (non-hydrogen) atoms. The van der Waals surface area contributed by atoms with E-state index in [1.54, 1.807) is 0 Å². The minimum absolute atomic E-state index is 0.0362. The van der Waals surface area contributed by atoms with E-state index in [4.69, 9.17) is 56.8 Å². The van der Waals surface area contributed by atoms with E-state index in [1.807, 2.05) is 0 Å². The van der Waals surface area contributed by atoms with E-state index in [9.17, 15) is 86.5 Å². The molecule has 16 N–H and O–H groups in total. The highest BCUT2D eigenvalue weighted by atomic mass is 16.8. The molecule has 11 aliphatic rings. The second-order valence-corrected chi connectivity index (χ2v) is 26.8. The number of ether oxygens (including phenoxy) is 12. The number of aliphatic hydroxyl groups is 16. The van der Waals surface area contributed by atoms with E-state index in [1.165, 1.54) is 0 Å². The normalized spacial score (nSPS) is 57.2. The average Bonchev–Trinajstić information content (AvgIpc) is 1.69. The van der Waals surface area contributed by atoms with Gasteiger partial charge in [0, 0.05) is 18.8 Å². The molecule has 7 aliphatic heterocycles. The predicted octanol–water partition coefficient (Wildman–Crippen LogP) is -6.30. The standard InChI is InChI=1S/C56H90O29/c1-19-5-8-56(75-17-19)20(2)34-29(85-56)10-23-21-9-25(61)24-11-28(26(62)12-55(24,4)22(21)6-7-54(23,34)3)76-50-43(72)40(69)45(33(16-60)80-50)81-53-48(47(38(67)32(15-59)79-53)83-49-41(70)35(64)27(63)18-74-49)84-52-44(73)46(37(66)31(14-58)78-52)82-51-42(71)39(68)36(65)30(13-57)77-51/h19-25,27-53,57-61,63-73H,5-18H2,1-4H3/t19-,20+,21-,22+,23+,24-,25-,27-,28-,29+,30-,31-,32-,33-,34+,35+,36-,37-,38-,39+,40-,41-,42-,43-,44-,45+,46+,47+,48-,49+,50-,51+,52+,53+,54+,55-,56-/m1/s1. The molecule has 7 saturated heterocycles. The van der Waals surface area contributed by atoms with Crippen LogP contribution in [-0.4, -0.2) is 299 Å². The number of rotatable bonds is 14. The van der Waals surface area contributed by atoms with Crippen molar-refractivity contribution in [2.45, 2.75) is 251 Å². The van der Waals surface area contributed by atoms with Gasteiger partial charge in [-0.1, -0.05) is 27.7 Å². The van der Waals surface area contributed by atoms with Crippen LogP contribution < -0.4 is 0 Å². The molecule has 1 spiro atoms. The van der Waals surface area contributed by atoms with Crippen molar-refractivity contribution in [2.75, 3.05) is 39.6 Å². The smallest absolute Gasteiger partial charge is 0.187 e. The van der Waals surface area contributed by atoms with E-state index in [0.29, 0.717) is 24.9 Å². The van der Waals surface area contributed by atoms with Crippen molar-refractivity contribution in [1.29, 1.82) is 0 Å². The lowest BCUT2D eigenvalue weighted by Crippen LogP contribution is -2.69. The lowest BCUT2D eigenvalue weighted by molar-refractivity contribution is -0.409. The van der Waals surface area contributed by atoms with E-state index in [-0.39, 0.29) is 53.8 Å². The molecule has 11 fully saturated rings. The molecule has 0 aromatic heterocycles. The highest BCUT2D eigenvalue weighted by molar-refractivity contribution is 5.85. The third-order valence-electron chi connectivity index (χ3n) is 22.0. The first-order valence-corrected chi connectivity index (χ1v) is 30.3. The van der Waals surface area contributed by atoms with Crippen LogP contribution in [0.5, 0.6) is 0 Å². The average molecular weight is 1230 g/mol. The molecule has 0 bridgehead atoms. The molecule has 0 radical (unpaired) electrons. The molecule has 0 aromatic carbocycles. The van der Waals surface area contributed by atoms with Gasteiger partial charge in [0.25, 0.3) is 0 Å². The monoisotopic (exact) mass is 1230 g/mol. The van der Waals surface area contributed by atoms with Gasteiger partial charge in [0.15, 0.2) is 43.0 Å². The van der Waals surface area contributed by atoms with Crippen LogP contribution >= 0.6 is 0 Å². The zero-order valence-corrected chi connectivity index (χ0v) is 48.0. The summed E-state index contributed by atoms with van der Waals surface area (Å²) in [4.78, 5) is 14.5. The number of aliphatic hydroxyl groups excluding tert-OH is 16. The Morgan fingerprint density at radius 1 is 0.482 bits per heavy atom. The number of hydrogen-bond donors (Lipinski definition) is 16. The third-order valence-corrected chi connectivity index (χ3v) is 22.0. The van der Waals surface area contributed by atoms with Gasteiger partial charge in [0.05, 0.1) is 51.8 Å². The minimum atomic E-state index is -2.23. The van der Waals surface area contributed by atoms with E-state index in [0.717, 1.165) is 32.1 Å². The Bertz CT molecular complexity index is 2260. The molecule has 37 atom stereocenters. The van der Waals surface area contributed by atoms with Crippen LogP contribution in [0.2, 0.25) is 0 Å². The van der Waals surface area contributed by atoms with Crippen molar-refractivity contribution in [3.05, 3.63) is 0 Å². The first kappa shape index (κ1) is 65.1. The molecule has 0 unspecified atom stereocenters. The Balaban J connectivity index is 0.801. The van der Waals surface area contributed by atoms with Gasteiger partial charge < -0.3 is 139 Å². The summed E-state index contributed by atoms with van der Waals surface area (Å²) in [7, 11) is 0. The van der Waals surface area contributed by atoms with Crippen LogP contribution in [0, 0.1) is 52.3 Å². The van der Waals surface area contributed by atoms with Gasteiger partial charge in [-0.2, -0.15) is 0 Å². The maximum atomic E-state index is 14.5. The van der Waals surface area contributed by atoms with Crippen LogP contribution in [0.25, 0.3) is 0 Å². The van der Waals surface area contributed by atoms with Gasteiger partial charge in [0.1, 0.15) is 122 Å². The minimum Gasteiger partial charge on any atom is -0.394 e. The van der Waals surface area contributed by atoms with Gasteiger partial charge in [-0.25, -0.2) is 0 Å². The fourth-order valence-electron chi connectivity index (χ4n) is 17.3. The first-order valence-electron chi connectivity index (χ1n) is 30.3. The third kappa shape index (κ3) is 11.3. The highest BCUT2D eigenvalue weighted by Crippen LogP contribution is 2.71. The molecule has 7 heterocycles. The first-order chi connectivity index (χ1) is 40.3. The fourth-order valence-corrected chi connectivity index (χ4v) is 17.3. The number of Topliss-reactive ketones (excluding diaryl/α,β-unsaturated/α-hetero) is 1. The van der Waals surface area contributed by atoms with Crippen LogP contribution in [0.1, 0.15) is 79.1 Å². The number of hydrogen-bond acceptors (Lipinski definition) is 29. The summed E-state index contributed by atoms with van der Waals surface area (Å²) in [5.41, 5.74) is -0.653. The van der Waals surface area contributed by atoms with Crippen molar-refractivity contribution < 1.29 is 143 Å². The summed E-state index contributed by atoms with van der Waals surface area (Å²) >= 11 is 0. The Hall–Kier alpha value is -1.45. The van der Waals surface area contributed by atoms with Crippen LogP contribution in [0.3, 0.4) is 0 Å². The summed E-state index contributed by atoms with van der Waals surface area (Å²) in [6.07, 6.45) is -42.8. The van der Waals surface area contributed by atoms with Crippen molar-refractivity contribution in [1.82, 2.24) is 0 Å². The second kappa shape index (κ2) is 25.2. The second-order valence-electron chi connectivity index (χ2n) is 26.8. The van der Waals surface area contributed by atoms with Crippen molar-refractivity contribution in [2.24, 2.45) is 52.3 Å². The predicted molar refractivity (Wildman–Crippen MR) is 277 cm³/mol. The zero-order chi connectivity index (χ0) is 61.1. The highest BCUT2D eigenvalue weighted by Gasteiger charge is 2.71. The van der Waals surface area contributed by atoms with Gasteiger partial charge >= 0.3 is 0 Å². The number of fused-ring (bicyclic) bond motifs is 7. The molecular weight excluding hydrogens is 1140 g/mol. The molecule has 0 aromatic rings. The number of carbonyl (C=O) groups is 1. The zero-order valence-electron chi connectivity index (χ0n) is 48.0. The van der Waals surface area contributed by atoms with Crippen molar-refractivity contribution >= 4 is 5.78 Å². The summed E-state index contributed by atoms with van der Waals surface area (Å²) in [6.45, 7) is 5.16. The molecule has 29 heteroatoms. The van der Waals surface area contributed by atoms with Crippen LogP contribution in [0.15, 0.2) is 0 Å². The Morgan fingerprint density at radius 3 is 1.71 bits per heavy atom. The lowest BCUT2D eigenvalue weighted by Gasteiger charge is -2.62. The lowest BCUT2D eigenvalue weighted by atomic mass is 9.43. The van der Waals surface area contributed by atoms with E-state index < -0.39 is 210 Å². The topological polar surface area (TPSA) is 452 Å². The van der Waals surface area contributed by atoms with Crippen molar-refractivity contribution in [3.63, 3.8) is 0 Å². The summed E-state index contributed by atoms with van der Waals surface area (Å²) < 4.78 is 72.6. The summed E-state index contributed by atoms with van der Waals surface area (Å²) in [5.74, 6) is 0.209. The molecule has 4 aliphatic carbocycles. The molecular formula is C56H90O29. The van der Waals surface area contributed by atoms with Gasteiger partial charge in [0.2, 0.25) is 0 Å². The van der Waals surface area contributed by atoms with Gasteiger partial charge in [-0.15, -0.1) is 0 Å². The number of carbonyl (C=O) groups excluding carboxylic acids is 1. The van der Waals surface area contributed by atoms with Crippen LogP contribution in [-0.2, 0) is 61.6 Å². The molecule has 4 saturated carbocycles. The fraction of sp³-hybridized carbons (Fsp3) is 0.982. The largest absolute Gasteiger partial charge is 0.394 e. The summed E-state index contributed by atoms with van der Waals surface area (Å²) in [6, 6.07) is 0. The maximum absolute atomic E-state index is 14.5. The van der Waals surface area contributed by atoms with E-state index >= 15 is 0 Å². The Kier molecular flexibility index (Phi) is 19.3. The van der Waals surface area contributed by atoms with Gasteiger partial charge in [-0.3, -0.25) is 4.79 Å². The molecule has 488 valence electrons. The molecule has 0 amide bonds. The van der Waals surface area contributed by atoms with Crippen LogP contribution in [0.4, 0.5) is 0 Å². The Morgan fingerprint density at radius 2 is 1.05 bits per heavy atom. The summed E-state index contributed by atoms with van der Waals surface area (Å²) in [5, 5.41) is 176. The molecule has 11 rings (SSSR count). The van der Waals surface area contributed by atoms with E-state index in [2.05, 4.69) is 27.7 Å². The Labute approximate surface area is 490 Å². The van der Waals surface area contributed by atoms with Crippen molar-refractivity contribution in [3.8, 4) is 0 Å². The maximum Gasteiger partial charge on any atom is 0.187 e. The van der Waals surface area contributed by atoms with Gasteiger partial charge in [-0.05, 0) is 84.9 Å². The number of ketones is 1. The SMILES string of the molecule is C[C@@H]1CC[C@@]2(OC1)O[C@H]1C[C@H]3[C@@H]4C[C@@H](O)[C@H]5C[C@@H](O[C@@H]6O[C@H](CO)[C@H](O[C@@H]7O[C@H](CO)[C@@H](O)[C@H](O[C@@H]8OC[C@@H](O)[C@H](O)[C@H]8O)[C@H]7O[C@@H]7O[C@H](CO)[C@@H](O)[C@H](O[C@@H]8O[C@H](CO)[C@@H](O)[C@H](O)[C@H]8O)[C@H]7O)[C@H](O)[C@H]6O)C(=O)C[C@]5(C)[C@H]4CC[C@]3(C)[C@H]1[C@@H]2C. The molecule has 29 nitrogen and oxygen atoms in total.